The summed E-state index contributed by atoms with van der Waals surface area (Å²) in [5.41, 5.74) is 1.38. The minimum absolute atomic E-state index is 0.0129. The lowest BCUT2D eigenvalue weighted by Gasteiger charge is -2.10. The second-order valence-corrected chi connectivity index (χ2v) is 8.70. The van der Waals surface area contributed by atoms with Gasteiger partial charge < -0.3 is 19.2 Å². The Bertz CT molecular complexity index is 1400. The molecule has 0 bridgehead atoms. The molecule has 0 saturated carbocycles. The maximum atomic E-state index is 12.8. The number of imide groups is 1. The molecule has 1 saturated heterocycles. The van der Waals surface area contributed by atoms with Gasteiger partial charge in [0.05, 0.1) is 22.1 Å². The number of furan rings is 1. The average molecular weight is 603 g/mol. The average Bonchev–Trinajstić information content (AvgIpc) is 3.43. The number of halogens is 1. The Hall–Kier alpha value is -4.20. The number of nitro groups is 1. The van der Waals surface area contributed by atoms with Gasteiger partial charge in [-0.2, -0.15) is 0 Å². The Kier molecular flexibility index (Phi) is 7.33. The Labute approximate surface area is 218 Å². The fourth-order valence-corrected chi connectivity index (χ4v) is 4.05. The molecule has 1 aliphatic rings. The van der Waals surface area contributed by atoms with Gasteiger partial charge >= 0.3 is 12.0 Å². The molecule has 3 aromatic rings. The summed E-state index contributed by atoms with van der Waals surface area (Å²) in [5, 5.41) is 13.5. The zero-order valence-corrected chi connectivity index (χ0v) is 20.9. The van der Waals surface area contributed by atoms with Gasteiger partial charge in [0.2, 0.25) is 5.76 Å². The van der Waals surface area contributed by atoms with Gasteiger partial charge in [-0.1, -0.05) is 18.2 Å². The van der Waals surface area contributed by atoms with Crippen molar-refractivity contribution < 1.29 is 33.2 Å². The van der Waals surface area contributed by atoms with Crippen LogP contribution in [0.5, 0.6) is 5.75 Å². The molecule has 12 heteroatoms. The van der Waals surface area contributed by atoms with Crippen LogP contribution in [0.4, 0.5) is 10.5 Å². The molecule has 0 radical (unpaired) electrons. The first kappa shape index (κ1) is 24.9. The molecule has 0 unspecified atom stereocenters. The van der Waals surface area contributed by atoms with Crippen LogP contribution >= 0.6 is 22.6 Å². The van der Waals surface area contributed by atoms with Gasteiger partial charge in [0.25, 0.3) is 11.6 Å². The molecule has 0 atom stereocenters. The van der Waals surface area contributed by atoms with Crippen molar-refractivity contribution in [1.82, 2.24) is 10.2 Å². The molecule has 2 heterocycles. The van der Waals surface area contributed by atoms with E-state index >= 15 is 0 Å². The van der Waals surface area contributed by atoms with Gasteiger partial charge in [0, 0.05) is 12.1 Å². The highest BCUT2D eigenvalue weighted by Gasteiger charge is 2.34. The number of carbonyl (C=O) groups excluding carboxylic acids is 3. The summed E-state index contributed by atoms with van der Waals surface area (Å²) >= 11 is 2.08. The topological polar surface area (TPSA) is 141 Å². The standard InChI is InChI=1S/C24H18IN3O8/c1-34-23(30)21-8-6-17(36-21)12-27-22(29)19(26-24(27)31)11-14-5-7-20(18(25)10-14)35-13-15-3-2-4-16(9-15)28(32)33/h2-11H,12-13H2,1H3,(H,26,31)/b19-11-. The van der Waals surface area contributed by atoms with Gasteiger partial charge in [-0.15, -0.1) is 0 Å². The highest BCUT2D eigenvalue weighted by atomic mass is 127. The molecule has 1 N–H and O–H groups in total. The van der Waals surface area contributed by atoms with Crippen LogP contribution < -0.4 is 10.1 Å². The van der Waals surface area contributed by atoms with E-state index < -0.39 is 22.8 Å². The van der Waals surface area contributed by atoms with Crippen LogP contribution in [0.25, 0.3) is 6.08 Å². The zero-order chi connectivity index (χ0) is 25.8. The lowest BCUT2D eigenvalue weighted by atomic mass is 10.2. The van der Waals surface area contributed by atoms with Gasteiger partial charge in [-0.25, -0.2) is 9.59 Å². The van der Waals surface area contributed by atoms with E-state index in [1.165, 1.54) is 37.5 Å². The summed E-state index contributed by atoms with van der Waals surface area (Å²) in [4.78, 5) is 48.1. The van der Waals surface area contributed by atoms with E-state index in [0.717, 1.165) is 8.47 Å². The number of esters is 1. The van der Waals surface area contributed by atoms with Gasteiger partial charge in [0.1, 0.15) is 23.8 Å². The summed E-state index contributed by atoms with van der Waals surface area (Å²) in [6.07, 6.45) is 1.54. The fraction of sp³-hybridized carbons (Fsp3) is 0.125. The first-order valence-electron chi connectivity index (χ1n) is 10.4. The minimum Gasteiger partial charge on any atom is -0.488 e. The van der Waals surface area contributed by atoms with Crippen molar-refractivity contribution in [2.45, 2.75) is 13.2 Å². The molecule has 3 amide bonds. The number of benzene rings is 2. The summed E-state index contributed by atoms with van der Waals surface area (Å²) in [7, 11) is 1.22. The number of nitrogens with one attached hydrogen (secondary N) is 1. The summed E-state index contributed by atoms with van der Waals surface area (Å²) in [6, 6.07) is 13.7. The predicted molar refractivity (Wildman–Crippen MR) is 134 cm³/mol. The molecular weight excluding hydrogens is 585 g/mol. The smallest absolute Gasteiger partial charge is 0.373 e. The number of hydrogen-bond acceptors (Lipinski definition) is 8. The molecule has 184 valence electrons. The van der Waals surface area contributed by atoms with E-state index in [4.69, 9.17) is 9.15 Å². The number of ether oxygens (including phenoxy) is 2. The van der Waals surface area contributed by atoms with E-state index in [1.54, 1.807) is 30.3 Å². The van der Waals surface area contributed by atoms with Crippen molar-refractivity contribution >= 4 is 52.3 Å². The van der Waals surface area contributed by atoms with Gasteiger partial charge in [0.15, 0.2) is 0 Å². The van der Waals surface area contributed by atoms with Crippen LogP contribution in [0.15, 0.2) is 64.7 Å². The molecule has 11 nitrogen and oxygen atoms in total. The summed E-state index contributed by atoms with van der Waals surface area (Å²) < 4.78 is 16.4. The highest BCUT2D eigenvalue weighted by molar-refractivity contribution is 14.1. The fourth-order valence-electron chi connectivity index (χ4n) is 3.36. The van der Waals surface area contributed by atoms with Crippen molar-refractivity contribution in [3.05, 3.63) is 96.6 Å². The quantitative estimate of drug-likeness (QED) is 0.101. The Morgan fingerprint density at radius 1 is 1.19 bits per heavy atom. The first-order valence-corrected chi connectivity index (χ1v) is 11.5. The third-order valence-corrected chi connectivity index (χ3v) is 5.95. The van der Waals surface area contributed by atoms with E-state index in [0.29, 0.717) is 16.9 Å². The van der Waals surface area contributed by atoms with Gasteiger partial charge in [-0.05, 0) is 64.1 Å². The van der Waals surface area contributed by atoms with Crippen molar-refractivity contribution in [1.29, 1.82) is 0 Å². The summed E-state index contributed by atoms with van der Waals surface area (Å²) in [6.45, 7) is -0.00689. The second kappa shape index (κ2) is 10.6. The lowest BCUT2D eigenvalue weighted by Crippen LogP contribution is -2.30. The Balaban J connectivity index is 1.43. The Morgan fingerprint density at radius 2 is 2.00 bits per heavy atom. The number of rotatable bonds is 8. The molecule has 1 aliphatic heterocycles. The highest BCUT2D eigenvalue weighted by Crippen LogP contribution is 2.26. The molecule has 0 aliphatic carbocycles. The number of non-ortho nitro benzene ring substituents is 1. The van der Waals surface area contributed by atoms with Crippen LogP contribution in [0.1, 0.15) is 27.4 Å². The largest absolute Gasteiger partial charge is 0.488 e. The van der Waals surface area contributed by atoms with E-state index in [2.05, 4.69) is 32.6 Å². The van der Waals surface area contributed by atoms with E-state index in [-0.39, 0.29) is 36.1 Å². The third-order valence-electron chi connectivity index (χ3n) is 5.11. The van der Waals surface area contributed by atoms with E-state index in [1.807, 2.05) is 0 Å². The SMILES string of the molecule is COC(=O)c1ccc(CN2C(=O)N/C(=C\c3ccc(OCc4cccc([N+](=O)[O-])c4)c(I)c3)C2=O)o1. The van der Waals surface area contributed by atoms with Crippen molar-refractivity contribution in [3.8, 4) is 5.75 Å². The molecule has 0 spiro atoms. The Morgan fingerprint density at radius 3 is 2.72 bits per heavy atom. The van der Waals surface area contributed by atoms with Crippen molar-refractivity contribution in [3.63, 3.8) is 0 Å². The second-order valence-electron chi connectivity index (χ2n) is 7.54. The molecule has 2 aromatic carbocycles. The van der Waals surface area contributed by atoms with E-state index in [9.17, 15) is 24.5 Å². The monoisotopic (exact) mass is 603 g/mol. The molecule has 4 rings (SSSR count). The molecule has 1 fully saturated rings. The molecular formula is C24H18IN3O8. The van der Waals surface area contributed by atoms with Crippen molar-refractivity contribution in [2.75, 3.05) is 7.11 Å². The zero-order valence-electron chi connectivity index (χ0n) is 18.7. The third kappa shape index (κ3) is 5.54. The lowest BCUT2D eigenvalue weighted by molar-refractivity contribution is -0.384. The van der Waals surface area contributed by atoms with Crippen molar-refractivity contribution in [2.24, 2.45) is 0 Å². The predicted octanol–water partition coefficient (Wildman–Crippen LogP) is 4.25. The number of carbonyl (C=O) groups is 3. The maximum absolute atomic E-state index is 12.8. The normalized spacial score (nSPS) is 14.2. The van der Waals surface area contributed by atoms with Gasteiger partial charge in [-0.3, -0.25) is 19.8 Å². The number of nitrogens with zero attached hydrogens (tertiary/aromatic N) is 2. The number of amides is 3. The van der Waals surface area contributed by atoms with Crippen LogP contribution in [-0.2, 0) is 22.7 Å². The van der Waals surface area contributed by atoms with Crippen LogP contribution in [0.3, 0.4) is 0 Å². The minimum atomic E-state index is -0.661. The first-order chi connectivity index (χ1) is 17.2. The van der Waals surface area contributed by atoms with Crippen LogP contribution in [0, 0.1) is 13.7 Å². The van der Waals surface area contributed by atoms with Crippen LogP contribution in [0.2, 0.25) is 0 Å². The molecule has 36 heavy (non-hydrogen) atoms. The van der Waals surface area contributed by atoms with Crippen LogP contribution in [-0.4, -0.2) is 34.8 Å². The maximum Gasteiger partial charge on any atom is 0.373 e. The number of methoxy groups -OCH3 is 1. The molecule has 1 aromatic heterocycles. The number of nitro benzene ring substituents is 1. The summed E-state index contributed by atoms with van der Waals surface area (Å²) in [5.74, 6) is -0.423. The number of hydrogen-bond donors (Lipinski definition) is 1. The number of urea groups is 1.